The highest BCUT2D eigenvalue weighted by atomic mass is 35.5. The van der Waals surface area contributed by atoms with Crippen LogP contribution in [0, 0.1) is 0 Å². The standard InChI is InChI=1S/C14H9Cl2N3O/c15-9-3-4-10(11(16)6-9)12-13(20-19-14(12)17)8-2-1-5-18-7-8/h1-7H,(H2,17,19). The zero-order valence-corrected chi connectivity index (χ0v) is 11.7. The second kappa shape index (κ2) is 5.15. The number of hydrogen-bond acceptors (Lipinski definition) is 4. The van der Waals surface area contributed by atoms with Crippen LogP contribution in [0.4, 0.5) is 5.82 Å². The van der Waals surface area contributed by atoms with Gasteiger partial charge in [0.15, 0.2) is 11.6 Å². The zero-order chi connectivity index (χ0) is 14.1. The summed E-state index contributed by atoms with van der Waals surface area (Å²) in [5, 5.41) is 4.85. The summed E-state index contributed by atoms with van der Waals surface area (Å²) in [5.41, 5.74) is 8.03. The molecule has 0 aliphatic rings. The molecule has 2 N–H and O–H groups in total. The summed E-state index contributed by atoms with van der Waals surface area (Å²) < 4.78 is 5.31. The molecule has 2 aromatic heterocycles. The maximum absolute atomic E-state index is 6.23. The Labute approximate surface area is 125 Å². The van der Waals surface area contributed by atoms with Gasteiger partial charge in [-0.2, -0.15) is 0 Å². The molecule has 6 heteroatoms. The molecule has 4 nitrogen and oxygen atoms in total. The molecule has 0 radical (unpaired) electrons. The molecule has 0 spiro atoms. The first-order valence-corrected chi connectivity index (χ1v) is 6.53. The van der Waals surface area contributed by atoms with Gasteiger partial charge in [0.2, 0.25) is 0 Å². The van der Waals surface area contributed by atoms with Crippen LogP contribution in [0.1, 0.15) is 0 Å². The Morgan fingerprint density at radius 3 is 2.70 bits per heavy atom. The third-order valence-corrected chi connectivity index (χ3v) is 3.39. The molecule has 3 aromatic rings. The van der Waals surface area contributed by atoms with Crippen molar-refractivity contribution in [3.05, 3.63) is 52.8 Å². The van der Waals surface area contributed by atoms with E-state index in [2.05, 4.69) is 10.1 Å². The van der Waals surface area contributed by atoms with E-state index >= 15 is 0 Å². The number of aromatic nitrogens is 2. The second-order valence-corrected chi connectivity index (χ2v) is 4.98. The molecule has 2 heterocycles. The zero-order valence-electron chi connectivity index (χ0n) is 10.2. The molecular formula is C14H9Cl2N3O. The van der Waals surface area contributed by atoms with Crippen molar-refractivity contribution in [1.29, 1.82) is 0 Å². The summed E-state index contributed by atoms with van der Waals surface area (Å²) in [6.45, 7) is 0. The number of hydrogen-bond donors (Lipinski definition) is 1. The minimum Gasteiger partial charge on any atom is -0.380 e. The smallest absolute Gasteiger partial charge is 0.178 e. The average Bonchev–Trinajstić information content (AvgIpc) is 2.82. The summed E-state index contributed by atoms with van der Waals surface area (Å²) in [6, 6.07) is 8.84. The Bertz CT molecular complexity index is 756. The van der Waals surface area contributed by atoms with Crippen molar-refractivity contribution in [2.24, 2.45) is 0 Å². The van der Waals surface area contributed by atoms with Gasteiger partial charge in [-0.25, -0.2) is 0 Å². The van der Waals surface area contributed by atoms with E-state index in [1.54, 1.807) is 36.7 Å². The molecule has 0 saturated heterocycles. The lowest BCUT2D eigenvalue weighted by molar-refractivity contribution is 0.436. The lowest BCUT2D eigenvalue weighted by atomic mass is 10.0. The van der Waals surface area contributed by atoms with Crippen LogP contribution in [0.5, 0.6) is 0 Å². The fourth-order valence-corrected chi connectivity index (χ4v) is 2.45. The van der Waals surface area contributed by atoms with Crippen LogP contribution < -0.4 is 5.73 Å². The molecule has 0 unspecified atom stereocenters. The monoisotopic (exact) mass is 305 g/mol. The number of nitrogen functional groups attached to an aromatic ring is 1. The van der Waals surface area contributed by atoms with E-state index in [1.165, 1.54) is 0 Å². The third-order valence-electron chi connectivity index (χ3n) is 2.84. The SMILES string of the molecule is Nc1noc(-c2cccnc2)c1-c1ccc(Cl)cc1Cl. The number of anilines is 1. The Hall–Kier alpha value is -2.04. The number of pyridine rings is 1. The summed E-state index contributed by atoms with van der Waals surface area (Å²) in [7, 11) is 0. The minimum atomic E-state index is 0.271. The number of halogens is 2. The number of benzene rings is 1. The van der Waals surface area contributed by atoms with Crippen molar-refractivity contribution in [1.82, 2.24) is 10.1 Å². The third kappa shape index (κ3) is 2.24. The van der Waals surface area contributed by atoms with Crippen LogP contribution in [0.2, 0.25) is 10.0 Å². The summed E-state index contributed by atoms with van der Waals surface area (Å²) in [5.74, 6) is 0.799. The van der Waals surface area contributed by atoms with Gasteiger partial charge in [-0.1, -0.05) is 34.4 Å². The van der Waals surface area contributed by atoms with E-state index in [-0.39, 0.29) is 5.82 Å². The second-order valence-electron chi connectivity index (χ2n) is 4.14. The molecule has 0 atom stereocenters. The normalized spacial score (nSPS) is 10.7. The predicted molar refractivity (Wildman–Crippen MR) is 79.6 cm³/mol. The first-order chi connectivity index (χ1) is 9.66. The van der Waals surface area contributed by atoms with Gasteiger partial charge in [-0.3, -0.25) is 4.98 Å². The van der Waals surface area contributed by atoms with Gasteiger partial charge >= 0.3 is 0 Å². The van der Waals surface area contributed by atoms with Gasteiger partial charge in [0.1, 0.15) is 0 Å². The van der Waals surface area contributed by atoms with E-state index in [0.717, 1.165) is 5.56 Å². The fraction of sp³-hybridized carbons (Fsp3) is 0. The maximum Gasteiger partial charge on any atom is 0.178 e. The fourth-order valence-electron chi connectivity index (χ4n) is 1.95. The summed E-state index contributed by atoms with van der Waals surface area (Å²) >= 11 is 12.1. The van der Waals surface area contributed by atoms with Crippen LogP contribution in [0.3, 0.4) is 0 Å². The largest absolute Gasteiger partial charge is 0.380 e. The van der Waals surface area contributed by atoms with E-state index in [0.29, 0.717) is 26.9 Å². The minimum absolute atomic E-state index is 0.271. The van der Waals surface area contributed by atoms with Crippen molar-refractivity contribution >= 4 is 29.0 Å². The van der Waals surface area contributed by atoms with E-state index in [9.17, 15) is 0 Å². The van der Waals surface area contributed by atoms with Gasteiger partial charge in [0, 0.05) is 28.5 Å². The highest BCUT2D eigenvalue weighted by molar-refractivity contribution is 6.36. The van der Waals surface area contributed by atoms with Crippen LogP contribution in [0.25, 0.3) is 22.5 Å². The molecule has 3 rings (SSSR count). The predicted octanol–water partition coefficient (Wildman–Crippen LogP) is 4.29. The Kier molecular flexibility index (Phi) is 3.34. The lowest BCUT2D eigenvalue weighted by Gasteiger charge is -2.05. The molecule has 0 amide bonds. The van der Waals surface area contributed by atoms with Gasteiger partial charge in [0.25, 0.3) is 0 Å². The van der Waals surface area contributed by atoms with Crippen LogP contribution in [-0.2, 0) is 0 Å². The highest BCUT2D eigenvalue weighted by Gasteiger charge is 2.19. The van der Waals surface area contributed by atoms with Crippen LogP contribution in [-0.4, -0.2) is 10.1 Å². The van der Waals surface area contributed by atoms with Crippen molar-refractivity contribution in [3.63, 3.8) is 0 Å². The summed E-state index contributed by atoms with van der Waals surface area (Å²) in [4.78, 5) is 4.06. The number of nitrogens with zero attached hydrogens (tertiary/aromatic N) is 2. The maximum atomic E-state index is 6.23. The number of rotatable bonds is 2. The average molecular weight is 306 g/mol. The molecule has 0 aliphatic carbocycles. The first kappa shape index (κ1) is 13.0. The highest BCUT2D eigenvalue weighted by Crippen LogP contribution is 2.40. The lowest BCUT2D eigenvalue weighted by Crippen LogP contribution is -1.90. The molecule has 0 saturated carbocycles. The van der Waals surface area contributed by atoms with Crippen molar-refractivity contribution in [2.45, 2.75) is 0 Å². The first-order valence-electron chi connectivity index (χ1n) is 5.78. The van der Waals surface area contributed by atoms with E-state index in [4.69, 9.17) is 33.5 Å². The Morgan fingerprint density at radius 2 is 2.00 bits per heavy atom. The number of nitrogens with two attached hydrogens (primary N) is 1. The van der Waals surface area contributed by atoms with Crippen LogP contribution in [0.15, 0.2) is 47.2 Å². The van der Waals surface area contributed by atoms with Crippen molar-refractivity contribution < 1.29 is 4.52 Å². The van der Waals surface area contributed by atoms with Gasteiger partial charge in [-0.15, -0.1) is 0 Å². The molecule has 100 valence electrons. The topological polar surface area (TPSA) is 64.9 Å². The van der Waals surface area contributed by atoms with E-state index < -0.39 is 0 Å². The van der Waals surface area contributed by atoms with Crippen molar-refractivity contribution in [2.75, 3.05) is 5.73 Å². The molecule has 20 heavy (non-hydrogen) atoms. The van der Waals surface area contributed by atoms with Gasteiger partial charge in [0.05, 0.1) is 10.6 Å². The summed E-state index contributed by atoms with van der Waals surface area (Å²) in [6.07, 6.45) is 3.35. The molecule has 0 fully saturated rings. The van der Waals surface area contributed by atoms with Gasteiger partial charge in [-0.05, 0) is 24.3 Å². The quantitative estimate of drug-likeness (QED) is 0.767. The molecule has 0 aliphatic heterocycles. The molecular weight excluding hydrogens is 297 g/mol. The van der Waals surface area contributed by atoms with Crippen LogP contribution >= 0.6 is 23.2 Å². The Balaban J connectivity index is 2.22. The Morgan fingerprint density at radius 1 is 1.15 bits per heavy atom. The van der Waals surface area contributed by atoms with E-state index in [1.807, 2.05) is 6.07 Å². The molecule has 1 aromatic carbocycles. The van der Waals surface area contributed by atoms with Crippen molar-refractivity contribution in [3.8, 4) is 22.5 Å². The molecule has 0 bridgehead atoms. The van der Waals surface area contributed by atoms with Gasteiger partial charge < -0.3 is 10.3 Å².